The molecule has 0 aromatic rings. The van der Waals surface area contributed by atoms with E-state index in [-0.39, 0.29) is 11.5 Å². The molecule has 0 aromatic carbocycles. The van der Waals surface area contributed by atoms with E-state index in [0.29, 0.717) is 11.8 Å². The van der Waals surface area contributed by atoms with Crippen LogP contribution < -0.4 is 0 Å². The van der Waals surface area contributed by atoms with Crippen molar-refractivity contribution in [3.8, 4) is 0 Å². The summed E-state index contributed by atoms with van der Waals surface area (Å²) >= 11 is 0. The average molecular weight is 304 g/mol. The summed E-state index contributed by atoms with van der Waals surface area (Å²) in [5, 5.41) is 0. The Morgan fingerprint density at radius 1 is 1.05 bits per heavy atom. The van der Waals surface area contributed by atoms with Gasteiger partial charge in [0.05, 0.1) is 25.6 Å². The minimum atomic E-state index is -3.35. The first-order chi connectivity index (χ1) is 9.17. The molecule has 0 radical (unpaired) electrons. The molecule has 116 valence electrons. The lowest BCUT2D eigenvalue weighted by Gasteiger charge is -2.42. The highest BCUT2D eigenvalue weighted by Gasteiger charge is 2.54. The Kier molecular flexibility index (Phi) is 3.44. The van der Waals surface area contributed by atoms with Gasteiger partial charge in [0, 0.05) is 18.3 Å². The van der Waals surface area contributed by atoms with Crippen LogP contribution in [0.25, 0.3) is 0 Å². The van der Waals surface area contributed by atoms with Crippen molar-refractivity contribution >= 4 is 10.1 Å². The van der Waals surface area contributed by atoms with Gasteiger partial charge in [-0.2, -0.15) is 8.42 Å². The van der Waals surface area contributed by atoms with Crippen molar-refractivity contribution in [2.24, 2.45) is 17.3 Å². The van der Waals surface area contributed by atoms with Gasteiger partial charge in [0.25, 0.3) is 10.1 Å². The second-order valence-corrected chi connectivity index (χ2v) is 9.08. The molecule has 0 N–H and O–H groups in total. The molecule has 0 aromatic heterocycles. The Bertz CT molecular complexity index is 458. The minimum absolute atomic E-state index is 0.0882. The number of fused-ring (bicyclic) bond motifs is 1. The molecule has 5 nitrogen and oxygen atoms in total. The van der Waals surface area contributed by atoms with Gasteiger partial charge in [-0.3, -0.25) is 4.18 Å². The maximum absolute atomic E-state index is 11.2. The van der Waals surface area contributed by atoms with E-state index in [0.717, 1.165) is 45.2 Å². The van der Waals surface area contributed by atoms with E-state index < -0.39 is 15.9 Å². The Labute approximate surface area is 121 Å². The summed E-state index contributed by atoms with van der Waals surface area (Å²) in [7, 11) is -3.35. The Hall–Kier alpha value is -0.170. The van der Waals surface area contributed by atoms with Gasteiger partial charge in [-0.15, -0.1) is 0 Å². The zero-order valence-corrected chi connectivity index (χ0v) is 13.2. The summed E-state index contributed by atoms with van der Waals surface area (Å²) in [6, 6.07) is 0. The van der Waals surface area contributed by atoms with Crippen molar-refractivity contribution < 1.29 is 22.1 Å². The molecular weight excluding hydrogens is 280 g/mol. The number of hydrogen-bond acceptors (Lipinski definition) is 5. The van der Waals surface area contributed by atoms with Crippen molar-refractivity contribution in [2.75, 3.05) is 19.5 Å². The van der Waals surface area contributed by atoms with Gasteiger partial charge in [0.2, 0.25) is 0 Å². The first kappa shape index (κ1) is 14.8. The molecule has 0 bridgehead atoms. The molecule has 3 rings (SSSR count). The predicted molar refractivity (Wildman–Crippen MR) is 73.6 cm³/mol. The summed E-state index contributed by atoms with van der Waals surface area (Å²) in [5.74, 6) is 0.506. The van der Waals surface area contributed by atoms with E-state index >= 15 is 0 Å². The summed E-state index contributed by atoms with van der Waals surface area (Å²) in [6.07, 6.45) is 4.32. The lowest BCUT2D eigenvalue weighted by molar-refractivity contribution is -0.297. The fourth-order valence-corrected chi connectivity index (χ4v) is 4.49. The van der Waals surface area contributed by atoms with Gasteiger partial charge in [-0.25, -0.2) is 0 Å². The van der Waals surface area contributed by atoms with Crippen molar-refractivity contribution in [2.45, 2.75) is 51.4 Å². The van der Waals surface area contributed by atoms with E-state index in [2.05, 4.69) is 13.8 Å². The second-order valence-electron chi connectivity index (χ2n) is 7.47. The maximum Gasteiger partial charge on any atom is 0.264 e. The molecular formula is C14H24O5S. The molecule has 1 heterocycles. The molecule has 20 heavy (non-hydrogen) atoms. The van der Waals surface area contributed by atoms with E-state index in [1.165, 1.54) is 0 Å². The van der Waals surface area contributed by atoms with Crippen LogP contribution in [0.2, 0.25) is 0 Å². The van der Waals surface area contributed by atoms with Gasteiger partial charge >= 0.3 is 0 Å². The topological polar surface area (TPSA) is 61.8 Å². The number of hydrogen-bond donors (Lipinski definition) is 0. The summed E-state index contributed by atoms with van der Waals surface area (Å²) in [5.41, 5.74) is 0.0882. The molecule has 1 unspecified atom stereocenters. The van der Waals surface area contributed by atoms with Crippen LogP contribution in [0.3, 0.4) is 0 Å². The molecule has 3 atom stereocenters. The lowest BCUT2D eigenvalue weighted by Crippen LogP contribution is -2.46. The average Bonchev–Trinajstić information content (AvgIpc) is 2.76. The standard InChI is InChI=1S/C14H24O5S/c1-13(2)8-17-14(18-9-13)6-10-4-12(5-11(10)7-14)19-20(3,15)16/h10-12H,4-9H2,1-3H3/t10-,11+,12?. The smallest absolute Gasteiger partial charge is 0.264 e. The van der Waals surface area contributed by atoms with Crippen molar-refractivity contribution in [1.82, 2.24) is 0 Å². The fraction of sp³-hybridized carbons (Fsp3) is 1.00. The Morgan fingerprint density at radius 3 is 2.00 bits per heavy atom. The Morgan fingerprint density at radius 2 is 1.55 bits per heavy atom. The highest BCUT2D eigenvalue weighted by molar-refractivity contribution is 7.86. The second kappa shape index (κ2) is 4.66. The van der Waals surface area contributed by atoms with Crippen LogP contribution in [-0.2, 0) is 23.8 Å². The molecule has 3 fully saturated rings. The lowest BCUT2D eigenvalue weighted by atomic mass is 9.94. The van der Waals surface area contributed by atoms with Crippen LogP contribution in [0.15, 0.2) is 0 Å². The van der Waals surface area contributed by atoms with Gasteiger partial charge in [0.15, 0.2) is 5.79 Å². The van der Waals surface area contributed by atoms with Gasteiger partial charge < -0.3 is 9.47 Å². The zero-order chi connectivity index (χ0) is 14.6. The molecule has 1 aliphatic heterocycles. The van der Waals surface area contributed by atoms with E-state index in [4.69, 9.17) is 13.7 Å². The van der Waals surface area contributed by atoms with E-state index in [1.54, 1.807) is 0 Å². The van der Waals surface area contributed by atoms with Gasteiger partial charge in [-0.1, -0.05) is 13.8 Å². The zero-order valence-electron chi connectivity index (χ0n) is 12.4. The van der Waals surface area contributed by atoms with Crippen molar-refractivity contribution in [3.63, 3.8) is 0 Å². The Balaban J connectivity index is 1.59. The highest BCUT2D eigenvalue weighted by atomic mass is 32.2. The fourth-order valence-electron chi connectivity index (χ4n) is 3.84. The molecule has 6 heteroatoms. The summed E-state index contributed by atoms with van der Waals surface area (Å²) < 4.78 is 39.6. The van der Waals surface area contributed by atoms with Crippen molar-refractivity contribution in [1.29, 1.82) is 0 Å². The van der Waals surface area contributed by atoms with Gasteiger partial charge in [-0.05, 0) is 24.7 Å². The first-order valence-electron chi connectivity index (χ1n) is 7.33. The summed E-state index contributed by atoms with van der Waals surface area (Å²) in [4.78, 5) is 0. The largest absolute Gasteiger partial charge is 0.349 e. The molecule has 0 amide bonds. The number of rotatable bonds is 2. The third kappa shape index (κ3) is 3.03. The van der Waals surface area contributed by atoms with Crippen LogP contribution in [0.5, 0.6) is 0 Å². The normalized spacial score (nSPS) is 39.0. The van der Waals surface area contributed by atoms with Crippen LogP contribution >= 0.6 is 0 Å². The van der Waals surface area contributed by atoms with E-state index in [9.17, 15) is 8.42 Å². The van der Waals surface area contributed by atoms with Crippen LogP contribution in [0.4, 0.5) is 0 Å². The first-order valence-corrected chi connectivity index (χ1v) is 9.14. The predicted octanol–water partition coefficient (Wildman–Crippen LogP) is 1.92. The maximum atomic E-state index is 11.2. The summed E-state index contributed by atoms with van der Waals surface area (Å²) in [6.45, 7) is 5.75. The minimum Gasteiger partial charge on any atom is -0.349 e. The molecule has 1 saturated heterocycles. The van der Waals surface area contributed by atoms with E-state index in [1.807, 2.05) is 0 Å². The molecule has 2 aliphatic carbocycles. The molecule has 2 saturated carbocycles. The van der Waals surface area contributed by atoms with Gasteiger partial charge in [0.1, 0.15) is 0 Å². The van der Waals surface area contributed by atoms with Crippen LogP contribution in [0, 0.1) is 17.3 Å². The SMILES string of the molecule is CC1(C)COC2(C[C@H]3CC(OS(C)(=O)=O)C[C@H]3C2)OC1. The van der Waals surface area contributed by atoms with Crippen LogP contribution in [0.1, 0.15) is 39.5 Å². The highest BCUT2D eigenvalue weighted by Crippen LogP contribution is 2.53. The monoisotopic (exact) mass is 304 g/mol. The number of ether oxygens (including phenoxy) is 2. The van der Waals surface area contributed by atoms with Crippen molar-refractivity contribution in [3.05, 3.63) is 0 Å². The quantitative estimate of drug-likeness (QED) is 0.729. The molecule has 3 aliphatic rings. The third-order valence-electron chi connectivity index (χ3n) is 4.71. The van der Waals surface area contributed by atoms with Crippen LogP contribution in [-0.4, -0.2) is 39.8 Å². The molecule has 1 spiro atoms. The third-order valence-corrected chi connectivity index (χ3v) is 5.33.